The van der Waals surface area contributed by atoms with Crippen molar-refractivity contribution in [2.75, 3.05) is 20.2 Å². The Bertz CT molecular complexity index is 1350. The van der Waals surface area contributed by atoms with Gasteiger partial charge in [-0.2, -0.15) is 0 Å². The predicted octanol–water partition coefficient (Wildman–Crippen LogP) is 6.38. The molecule has 0 aliphatic carbocycles. The third kappa shape index (κ3) is 5.21. The van der Waals surface area contributed by atoms with Crippen LogP contribution in [-0.4, -0.2) is 35.6 Å². The summed E-state index contributed by atoms with van der Waals surface area (Å²) < 4.78 is 20.9. The van der Waals surface area contributed by atoms with Gasteiger partial charge in [0.1, 0.15) is 5.82 Å². The molecule has 0 radical (unpaired) electrons. The monoisotopic (exact) mass is 484 g/mol. The number of esters is 1. The number of aromatic nitrogens is 1. The minimum absolute atomic E-state index is 0.160. The Morgan fingerprint density at radius 2 is 1.72 bits per heavy atom. The van der Waals surface area contributed by atoms with Crippen LogP contribution in [0.1, 0.15) is 45.6 Å². The van der Waals surface area contributed by atoms with Gasteiger partial charge in [0.15, 0.2) is 0 Å². The molecule has 4 nitrogen and oxygen atoms in total. The SMILES string of the molecule is COC(=O)c1ccc(Cc2c(C)n(CC3CCN(Cc4cccc(F)c4)CC3)c3ccccc23)cc1. The number of hydrogen-bond acceptors (Lipinski definition) is 3. The number of hydrogen-bond donors (Lipinski definition) is 0. The van der Waals surface area contributed by atoms with E-state index in [1.165, 1.54) is 40.9 Å². The maximum absolute atomic E-state index is 13.6. The lowest BCUT2D eigenvalue weighted by Crippen LogP contribution is -2.34. The number of fused-ring (bicyclic) bond motifs is 1. The third-order valence-electron chi connectivity index (χ3n) is 7.56. The first kappa shape index (κ1) is 24.3. The number of rotatable bonds is 7. The molecule has 5 rings (SSSR count). The van der Waals surface area contributed by atoms with Gasteiger partial charge in [-0.25, -0.2) is 9.18 Å². The Hall–Kier alpha value is -3.44. The van der Waals surface area contributed by atoms with Gasteiger partial charge in [-0.3, -0.25) is 4.90 Å². The highest BCUT2D eigenvalue weighted by Gasteiger charge is 2.22. The molecule has 36 heavy (non-hydrogen) atoms. The summed E-state index contributed by atoms with van der Waals surface area (Å²) in [5.74, 6) is 0.152. The van der Waals surface area contributed by atoms with E-state index in [9.17, 15) is 9.18 Å². The molecule has 0 amide bonds. The molecule has 1 aliphatic rings. The zero-order chi connectivity index (χ0) is 25.1. The number of piperidine rings is 1. The van der Waals surface area contributed by atoms with Crippen LogP contribution in [0, 0.1) is 18.7 Å². The Labute approximate surface area is 212 Å². The molecule has 186 valence electrons. The van der Waals surface area contributed by atoms with Crippen LogP contribution < -0.4 is 0 Å². The van der Waals surface area contributed by atoms with Gasteiger partial charge in [-0.05, 0) is 92.2 Å². The minimum Gasteiger partial charge on any atom is -0.465 e. The topological polar surface area (TPSA) is 34.5 Å². The number of carbonyl (C=O) groups excluding carboxylic acids is 1. The second kappa shape index (κ2) is 10.7. The highest BCUT2D eigenvalue weighted by molar-refractivity contribution is 5.89. The van der Waals surface area contributed by atoms with E-state index in [1.54, 1.807) is 12.1 Å². The molecular weight excluding hydrogens is 451 g/mol. The zero-order valence-corrected chi connectivity index (χ0v) is 21.0. The van der Waals surface area contributed by atoms with Crippen molar-refractivity contribution in [3.8, 4) is 0 Å². The summed E-state index contributed by atoms with van der Waals surface area (Å²) in [6.45, 7) is 6.14. The van der Waals surface area contributed by atoms with Crippen molar-refractivity contribution < 1.29 is 13.9 Å². The Morgan fingerprint density at radius 3 is 2.44 bits per heavy atom. The number of para-hydroxylation sites is 1. The standard InChI is InChI=1S/C31H33FN2O2/c1-22-29(19-23-10-12-26(13-11-23)31(35)36-2)28-8-3-4-9-30(28)34(22)21-24-14-16-33(17-15-24)20-25-6-5-7-27(32)18-25/h3-13,18,24H,14-17,19-21H2,1-2H3. The van der Waals surface area contributed by atoms with Crippen LogP contribution in [0.3, 0.4) is 0 Å². The van der Waals surface area contributed by atoms with Crippen molar-refractivity contribution in [2.45, 2.75) is 39.3 Å². The fourth-order valence-electron chi connectivity index (χ4n) is 5.52. The molecular formula is C31H33FN2O2. The average molecular weight is 485 g/mol. The van der Waals surface area contributed by atoms with Gasteiger partial charge < -0.3 is 9.30 Å². The van der Waals surface area contributed by atoms with Crippen LogP contribution in [0.25, 0.3) is 10.9 Å². The van der Waals surface area contributed by atoms with E-state index in [-0.39, 0.29) is 11.8 Å². The fourth-order valence-corrected chi connectivity index (χ4v) is 5.52. The second-order valence-electron chi connectivity index (χ2n) is 9.91. The summed E-state index contributed by atoms with van der Waals surface area (Å²) in [5, 5.41) is 1.30. The molecule has 5 heteroatoms. The van der Waals surface area contributed by atoms with Gasteiger partial charge in [0.25, 0.3) is 0 Å². The van der Waals surface area contributed by atoms with Crippen LogP contribution in [0.15, 0.2) is 72.8 Å². The molecule has 0 bridgehead atoms. The fraction of sp³-hybridized carbons (Fsp3) is 0.323. The summed E-state index contributed by atoms with van der Waals surface area (Å²) in [6, 6.07) is 23.4. The lowest BCUT2D eigenvalue weighted by atomic mass is 9.96. The Balaban J connectivity index is 1.29. The summed E-state index contributed by atoms with van der Waals surface area (Å²) in [5.41, 5.74) is 6.75. The summed E-state index contributed by atoms with van der Waals surface area (Å²) >= 11 is 0. The molecule has 1 saturated heterocycles. The number of carbonyl (C=O) groups is 1. The van der Waals surface area contributed by atoms with E-state index < -0.39 is 0 Å². The Kier molecular flexibility index (Phi) is 7.19. The van der Waals surface area contributed by atoms with Gasteiger partial charge in [-0.15, -0.1) is 0 Å². The number of ether oxygens (including phenoxy) is 1. The molecule has 0 saturated carbocycles. The van der Waals surface area contributed by atoms with Crippen molar-refractivity contribution in [2.24, 2.45) is 5.92 Å². The normalized spacial score (nSPS) is 14.9. The van der Waals surface area contributed by atoms with Crippen LogP contribution in [-0.2, 0) is 24.2 Å². The second-order valence-corrected chi connectivity index (χ2v) is 9.91. The maximum Gasteiger partial charge on any atom is 0.337 e. The number of likely N-dealkylation sites (tertiary alicyclic amines) is 1. The number of benzene rings is 3. The van der Waals surface area contributed by atoms with Gasteiger partial charge in [0, 0.05) is 29.7 Å². The number of halogens is 1. The first-order valence-corrected chi connectivity index (χ1v) is 12.7. The van der Waals surface area contributed by atoms with Gasteiger partial charge in [0.05, 0.1) is 12.7 Å². The maximum atomic E-state index is 13.6. The molecule has 0 spiro atoms. The van der Waals surface area contributed by atoms with Crippen molar-refractivity contribution in [3.05, 3.63) is 107 Å². The summed E-state index contributed by atoms with van der Waals surface area (Å²) in [4.78, 5) is 14.2. The van der Waals surface area contributed by atoms with E-state index in [4.69, 9.17) is 4.74 Å². The smallest absolute Gasteiger partial charge is 0.337 e. The van der Waals surface area contributed by atoms with Crippen molar-refractivity contribution in [1.82, 2.24) is 9.47 Å². The van der Waals surface area contributed by atoms with Crippen LogP contribution >= 0.6 is 0 Å². The van der Waals surface area contributed by atoms with Crippen molar-refractivity contribution in [1.29, 1.82) is 0 Å². The van der Waals surface area contributed by atoms with Crippen molar-refractivity contribution >= 4 is 16.9 Å². The molecule has 3 aromatic carbocycles. The van der Waals surface area contributed by atoms with Crippen molar-refractivity contribution in [3.63, 3.8) is 0 Å². The zero-order valence-electron chi connectivity index (χ0n) is 21.0. The van der Waals surface area contributed by atoms with Gasteiger partial charge in [-0.1, -0.05) is 42.5 Å². The molecule has 4 aromatic rings. The molecule has 1 aromatic heterocycles. The van der Waals surface area contributed by atoms with Crippen LogP contribution in [0.2, 0.25) is 0 Å². The van der Waals surface area contributed by atoms with E-state index in [2.05, 4.69) is 40.7 Å². The predicted molar refractivity (Wildman–Crippen MR) is 142 cm³/mol. The first-order valence-electron chi connectivity index (χ1n) is 12.7. The highest BCUT2D eigenvalue weighted by atomic mass is 19.1. The third-order valence-corrected chi connectivity index (χ3v) is 7.56. The van der Waals surface area contributed by atoms with Crippen LogP contribution in [0.4, 0.5) is 4.39 Å². The number of methoxy groups -OCH3 is 1. The van der Waals surface area contributed by atoms with Crippen LogP contribution in [0.5, 0.6) is 0 Å². The molecule has 2 heterocycles. The van der Waals surface area contributed by atoms with E-state index in [0.717, 1.165) is 51.0 Å². The first-order chi connectivity index (χ1) is 17.5. The van der Waals surface area contributed by atoms with E-state index in [1.807, 2.05) is 30.3 Å². The Morgan fingerprint density at radius 1 is 0.972 bits per heavy atom. The molecule has 0 atom stereocenters. The summed E-state index contributed by atoms with van der Waals surface area (Å²) in [6.07, 6.45) is 3.12. The largest absolute Gasteiger partial charge is 0.465 e. The van der Waals surface area contributed by atoms with E-state index >= 15 is 0 Å². The molecule has 0 N–H and O–H groups in total. The lowest BCUT2D eigenvalue weighted by Gasteiger charge is -2.32. The average Bonchev–Trinajstić information content (AvgIpc) is 3.16. The highest BCUT2D eigenvalue weighted by Crippen LogP contribution is 2.31. The minimum atomic E-state index is -0.309. The van der Waals surface area contributed by atoms with E-state index in [0.29, 0.717) is 11.5 Å². The molecule has 1 fully saturated rings. The molecule has 1 aliphatic heterocycles. The quantitative estimate of drug-likeness (QED) is 0.286. The lowest BCUT2D eigenvalue weighted by molar-refractivity contribution is 0.0600. The van der Waals surface area contributed by atoms with Gasteiger partial charge in [0.2, 0.25) is 0 Å². The van der Waals surface area contributed by atoms with Gasteiger partial charge >= 0.3 is 5.97 Å². The summed E-state index contributed by atoms with van der Waals surface area (Å²) in [7, 11) is 1.41. The number of nitrogens with zero attached hydrogens (tertiary/aromatic N) is 2. The molecule has 0 unspecified atom stereocenters.